The van der Waals surface area contributed by atoms with Crippen LogP contribution < -0.4 is 19.5 Å². The molecule has 0 aliphatic heterocycles. The first-order valence-corrected chi connectivity index (χ1v) is 7.99. The molecule has 0 atom stereocenters. The number of alkyl halides is 2. The normalized spacial score (nSPS) is 13.6. The predicted molar refractivity (Wildman–Crippen MR) is 89.8 cm³/mol. The lowest BCUT2D eigenvalue weighted by molar-refractivity contribution is -0.120. The number of para-hydroxylation sites is 1. The number of Topliss-reactive ketones (excluding diaryl/α,β-unsaturated/α-hetero) is 1. The van der Waals surface area contributed by atoms with Crippen molar-refractivity contribution in [1.82, 2.24) is 4.98 Å². The molecule has 1 heterocycles. The molecule has 0 saturated heterocycles. The molecule has 1 aromatic heterocycles. The molecule has 0 unspecified atom stereocenters. The Labute approximate surface area is 141 Å². The van der Waals surface area contributed by atoms with E-state index in [1.807, 2.05) is 0 Å². The minimum absolute atomic E-state index is 0.0170. The van der Waals surface area contributed by atoms with Crippen molar-refractivity contribution >= 4 is 29.3 Å². The number of benzene rings is 1. The van der Waals surface area contributed by atoms with Gasteiger partial charge in [-0.25, -0.2) is 0 Å². The van der Waals surface area contributed by atoms with Crippen LogP contribution in [0.15, 0.2) is 29.1 Å². The SMILES string of the molecule is CC(C)(C)C(=O)/C=c1\[nH]c(=O)/c(=C\c2ccccc2OC(F)F)s1. The van der Waals surface area contributed by atoms with Crippen molar-refractivity contribution in [2.45, 2.75) is 27.4 Å². The smallest absolute Gasteiger partial charge is 0.387 e. The molecule has 0 radical (unpaired) electrons. The number of thiazole rings is 1. The molecule has 128 valence electrons. The molecule has 4 nitrogen and oxygen atoms in total. The summed E-state index contributed by atoms with van der Waals surface area (Å²) in [4.78, 5) is 26.6. The fourth-order valence-corrected chi connectivity index (χ4v) is 2.68. The number of carbonyl (C=O) groups excluding carboxylic acids is 1. The Morgan fingerprint density at radius 2 is 1.96 bits per heavy atom. The number of ether oxygens (including phenoxy) is 1. The number of ketones is 1. The van der Waals surface area contributed by atoms with Crippen LogP contribution in [0, 0.1) is 5.41 Å². The van der Waals surface area contributed by atoms with E-state index in [2.05, 4.69) is 9.72 Å². The average molecular weight is 353 g/mol. The molecule has 1 aromatic carbocycles. The first-order chi connectivity index (χ1) is 11.2. The second-order valence-electron chi connectivity index (χ2n) is 6.10. The van der Waals surface area contributed by atoms with E-state index in [4.69, 9.17) is 0 Å². The van der Waals surface area contributed by atoms with Crippen LogP contribution in [0.3, 0.4) is 0 Å². The van der Waals surface area contributed by atoms with Crippen LogP contribution in [0.4, 0.5) is 8.78 Å². The average Bonchev–Trinajstić information content (AvgIpc) is 2.79. The van der Waals surface area contributed by atoms with E-state index >= 15 is 0 Å². The van der Waals surface area contributed by atoms with Gasteiger partial charge in [0.05, 0.1) is 9.20 Å². The third-order valence-corrected chi connectivity index (χ3v) is 4.07. The zero-order chi connectivity index (χ0) is 17.9. The molecule has 0 aliphatic rings. The minimum Gasteiger partial charge on any atom is -0.434 e. The van der Waals surface area contributed by atoms with Gasteiger partial charge in [0, 0.05) is 17.1 Å². The van der Waals surface area contributed by atoms with E-state index in [0.29, 0.717) is 14.8 Å². The Morgan fingerprint density at radius 3 is 2.58 bits per heavy atom. The molecule has 24 heavy (non-hydrogen) atoms. The fourth-order valence-electron chi connectivity index (χ4n) is 1.80. The van der Waals surface area contributed by atoms with Crippen molar-refractivity contribution in [3.05, 3.63) is 49.4 Å². The van der Waals surface area contributed by atoms with Gasteiger partial charge in [-0.05, 0) is 12.1 Å². The van der Waals surface area contributed by atoms with Crippen LogP contribution >= 0.6 is 11.3 Å². The maximum Gasteiger partial charge on any atom is 0.387 e. The van der Waals surface area contributed by atoms with E-state index in [1.54, 1.807) is 39.0 Å². The lowest BCUT2D eigenvalue weighted by Gasteiger charge is -2.12. The van der Waals surface area contributed by atoms with Gasteiger partial charge in [0.15, 0.2) is 5.78 Å². The highest BCUT2D eigenvalue weighted by molar-refractivity contribution is 7.07. The second-order valence-corrected chi connectivity index (χ2v) is 7.19. The molecule has 2 aromatic rings. The monoisotopic (exact) mass is 353 g/mol. The van der Waals surface area contributed by atoms with Crippen LogP contribution in [-0.4, -0.2) is 17.4 Å². The summed E-state index contributed by atoms with van der Waals surface area (Å²) in [6, 6.07) is 6.19. The lowest BCUT2D eigenvalue weighted by Crippen LogP contribution is -2.22. The van der Waals surface area contributed by atoms with Crippen LogP contribution in [0.1, 0.15) is 26.3 Å². The predicted octanol–water partition coefficient (Wildman–Crippen LogP) is 2.26. The minimum atomic E-state index is -2.95. The molecule has 0 amide bonds. The van der Waals surface area contributed by atoms with E-state index in [-0.39, 0.29) is 17.1 Å². The summed E-state index contributed by atoms with van der Waals surface area (Å²) in [5, 5.41) is 0. The van der Waals surface area contributed by atoms with Crippen LogP contribution in [0.5, 0.6) is 5.75 Å². The van der Waals surface area contributed by atoms with Crippen LogP contribution in [0.25, 0.3) is 12.2 Å². The van der Waals surface area contributed by atoms with Gasteiger partial charge in [-0.2, -0.15) is 8.78 Å². The summed E-state index contributed by atoms with van der Waals surface area (Å²) >= 11 is 1.08. The van der Waals surface area contributed by atoms with Crippen molar-refractivity contribution in [2.24, 2.45) is 5.41 Å². The standard InChI is InChI=1S/C17H17F2NO3S/c1-17(2,3)13(21)9-14-20-15(22)12(24-14)8-10-6-4-5-7-11(10)23-16(18)19/h4-9,16H,1-3H3,(H,20,22)/b12-8+,14-9+. The van der Waals surface area contributed by atoms with Crippen LogP contribution in [-0.2, 0) is 4.79 Å². The van der Waals surface area contributed by atoms with E-state index < -0.39 is 12.0 Å². The maximum absolute atomic E-state index is 12.4. The summed E-state index contributed by atoms with van der Waals surface area (Å²) in [6.45, 7) is 2.39. The highest BCUT2D eigenvalue weighted by Crippen LogP contribution is 2.20. The molecule has 0 spiro atoms. The van der Waals surface area contributed by atoms with Crippen molar-refractivity contribution in [2.75, 3.05) is 0 Å². The molecule has 0 fully saturated rings. The highest BCUT2D eigenvalue weighted by Gasteiger charge is 2.18. The third-order valence-electron chi connectivity index (χ3n) is 3.10. The number of halogens is 2. The Morgan fingerprint density at radius 1 is 1.29 bits per heavy atom. The van der Waals surface area contributed by atoms with Gasteiger partial charge in [0.1, 0.15) is 5.75 Å². The number of rotatable bonds is 4. The summed E-state index contributed by atoms with van der Waals surface area (Å²) < 4.78 is 30.0. The molecular formula is C17H17F2NO3S. The van der Waals surface area contributed by atoms with Crippen LogP contribution in [0.2, 0.25) is 0 Å². The molecule has 2 rings (SSSR count). The van der Waals surface area contributed by atoms with E-state index in [0.717, 1.165) is 11.3 Å². The van der Waals surface area contributed by atoms with Crippen molar-refractivity contribution in [1.29, 1.82) is 0 Å². The van der Waals surface area contributed by atoms with Crippen molar-refractivity contribution < 1.29 is 18.3 Å². The van der Waals surface area contributed by atoms with Gasteiger partial charge in [-0.15, -0.1) is 11.3 Å². The largest absolute Gasteiger partial charge is 0.434 e. The molecule has 1 N–H and O–H groups in total. The van der Waals surface area contributed by atoms with E-state index in [9.17, 15) is 18.4 Å². The second kappa shape index (κ2) is 7.09. The summed E-state index contributed by atoms with van der Waals surface area (Å²) in [7, 11) is 0. The highest BCUT2D eigenvalue weighted by atomic mass is 32.1. The van der Waals surface area contributed by atoms with Gasteiger partial charge in [-0.1, -0.05) is 39.0 Å². The Hall–Kier alpha value is -2.28. The number of nitrogens with one attached hydrogen (secondary N) is 1. The summed E-state index contributed by atoms with van der Waals surface area (Å²) in [5.41, 5.74) is -0.582. The van der Waals surface area contributed by atoms with Gasteiger partial charge in [0.2, 0.25) is 0 Å². The quantitative estimate of drug-likeness (QED) is 0.917. The molecular weight excluding hydrogens is 336 g/mol. The molecule has 0 aliphatic carbocycles. The lowest BCUT2D eigenvalue weighted by atomic mass is 9.91. The maximum atomic E-state index is 12.4. The number of hydrogen-bond acceptors (Lipinski definition) is 4. The third kappa shape index (κ3) is 4.61. The first kappa shape index (κ1) is 18.1. The number of carbonyl (C=O) groups is 1. The van der Waals surface area contributed by atoms with Gasteiger partial charge < -0.3 is 9.72 Å². The molecule has 0 saturated carbocycles. The number of aromatic amines is 1. The Balaban J connectivity index is 2.49. The molecule has 7 heteroatoms. The topological polar surface area (TPSA) is 59.2 Å². The Kier molecular flexibility index (Phi) is 5.33. The number of hydrogen-bond donors (Lipinski definition) is 1. The van der Waals surface area contributed by atoms with Gasteiger partial charge >= 0.3 is 6.61 Å². The van der Waals surface area contributed by atoms with E-state index in [1.165, 1.54) is 18.2 Å². The summed E-state index contributed by atoms with van der Waals surface area (Å²) in [5.74, 6) is -0.135. The first-order valence-electron chi connectivity index (χ1n) is 7.17. The van der Waals surface area contributed by atoms with Crippen molar-refractivity contribution in [3.8, 4) is 5.75 Å². The number of aromatic nitrogens is 1. The zero-order valence-corrected chi connectivity index (χ0v) is 14.2. The van der Waals surface area contributed by atoms with Crippen molar-refractivity contribution in [3.63, 3.8) is 0 Å². The summed E-state index contributed by atoms with van der Waals surface area (Å²) in [6.07, 6.45) is 2.84. The Bertz CT molecular complexity index is 907. The molecule has 0 bridgehead atoms. The van der Waals surface area contributed by atoms with Gasteiger partial charge in [-0.3, -0.25) is 9.59 Å². The fraction of sp³-hybridized carbons (Fsp3) is 0.294. The zero-order valence-electron chi connectivity index (χ0n) is 13.4. The van der Waals surface area contributed by atoms with Gasteiger partial charge in [0.25, 0.3) is 5.56 Å². The number of H-pyrrole nitrogens is 1.